The van der Waals surface area contributed by atoms with Crippen molar-refractivity contribution in [2.75, 3.05) is 71.4 Å². The maximum absolute atomic E-state index is 12.4. The first kappa shape index (κ1) is 39.9. The van der Waals surface area contributed by atoms with Gasteiger partial charge in [-0.05, 0) is 106 Å². The summed E-state index contributed by atoms with van der Waals surface area (Å²) >= 11 is 0. The van der Waals surface area contributed by atoms with Gasteiger partial charge < -0.3 is 24.8 Å². The number of amides is 2. The summed E-state index contributed by atoms with van der Waals surface area (Å²) in [5, 5.41) is 6.05. The summed E-state index contributed by atoms with van der Waals surface area (Å²) in [4.78, 5) is 48.4. The molecule has 2 aromatic carbocycles. The number of aromatic nitrogens is 2. The minimum absolute atomic E-state index is 0.271. The van der Waals surface area contributed by atoms with Gasteiger partial charge >= 0.3 is 18.2 Å². The van der Waals surface area contributed by atoms with E-state index in [2.05, 4.69) is 32.4 Å². The lowest BCUT2D eigenvalue weighted by atomic mass is 10.1. The number of ether oxygens (including phenoxy) is 3. The molecule has 270 valence electrons. The van der Waals surface area contributed by atoms with Gasteiger partial charge in [-0.1, -0.05) is 42.3 Å². The van der Waals surface area contributed by atoms with Crippen molar-refractivity contribution < 1.29 is 28.6 Å². The second kappa shape index (κ2) is 22.3. The molecule has 0 radical (unpaired) electrons. The molecule has 12 nitrogen and oxygen atoms in total. The second-order valence-electron chi connectivity index (χ2n) is 11.4. The normalized spacial score (nSPS) is 10.8. The molecule has 2 amide bonds. The van der Waals surface area contributed by atoms with Crippen LogP contribution in [0.2, 0.25) is 0 Å². The van der Waals surface area contributed by atoms with E-state index < -0.39 is 12.2 Å². The number of carbonyl (C=O) groups excluding carboxylic acids is 3. The van der Waals surface area contributed by atoms with Crippen molar-refractivity contribution in [3.63, 3.8) is 0 Å². The van der Waals surface area contributed by atoms with Crippen molar-refractivity contribution >= 4 is 53.8 Å². The van der Waals surface area contributed by atoms with E-state index in [0.29, 0.717) is 61.1 Å². The molecule has 12 heteroatoms. The Kier molecular flexibility index (Phi) is 17.4. The monoisotopic (exact) mass is 696 g/mol. The number of nitrogens with one attached hydrogen (secondary N) is 2. The number of anilines is 2. The Morgan fingerprint density at radius 3 is 1.63 bits per heavy atom. The number of hydrogen-bond donors (Lipinski definition) is 2. The van der Waals surface area contributed by atoms with Gasteiger partial charge in [0.2, 0.25) is 5.82 Å². The summed E-state index contributed by atoms with van der Waals surface area (Å²) in [6.07, 6.45) is 9.62. The van der Waals surface area contributed by atoms with Crippen LogP contribution in [0.25, 0.3) is 24.3 Å². The van der Waals surface area contributed by atoms with E-state index in [-0.39, 0.29) is 5.97 Å². The lowest BCUT2D eigenvalue weighted by Gasteiger charge is -2.17. The van der Waals surface area contributed by atoms with E-state index in [1.165, 1.54) is 16.9 Å². The topological polar surface area (TPSA) is 135 Å². The number of methoxy groups -OCH3 is 1. The highest BCUT2D eigenvalue weighted by Gasteiger charge is 2.13. The van der Waals surface area contributed by atoms with Crippen LogP contribution >= 0.6 is 0 Å². The fourth-order valence-electron chi connectivity index (χ4n) is 4.48. The summed E-state index contributed by atoms with van der Waals surface area (Å²) in [5.74, 6) is 6.15. The van der Waals surface area contributed by atoms with Gasteiger partial charge in [0, 0.05) is 38.3 Å². The molecule has 0 bridgehead atoms. The van der Waals surface area contributed by atoms with Crippen molar-refractivity contribution in [2.24, 2.45) is 0 Å². The van der Waals surface area contributed by atoms with E-state index in [4.69, 9.17) is 14.2 Å². The molecule has 1 aromatic heterocycles. The SMILES string of the molecule is CNCCCOC(=O)N(C)c1ccc(/C=C/c2cc(/C=C/c3ccc(N(C)C(=O)OCCCNC)cc3)nc(C#CCCCC(=O)OC)n2)cc1. The van der Waals surface area contributed by atoms with Crippen molar-refractivity contribution in [1.82, 2.24) is 20.6 Å². The first-order chi connectivity index (χ1) is 24.7. The first-order valence-corrected chi connectivity index (χ1v) is 16.8. The average Bonchev–Trinajstić information content (AvgIpc) is 3.16. The van der Waals surface area contributed by atoms with Crippen LogP contribution in [0.15, 0.2) is 54.6 Å². The van der Waals surface area contributed by atoms with Crippen LogP contribution in [-0.4, -0.2) is 89.7 Å². The molecule has 51 heavy (non-hydrogen) atoms. The smallest absolute Gasteiger partial charge is 0.414 e. The maximum atomic E-state index is 12.4. The summed E-state index contributed by atoms with van der Waals surface area (Å²) in [6.45, 7) is 2.25. The molecular formula is C39H48N6O6. The average molecular weight is 697 g/mol. The van der Waals surface area contributed by atoms with E-state index in [0.717, 1.165) is 37.1 Å². The molecule has 0 spiro atoms. The lowest BCUT2D eigenvalue weighted by Crippen LogP contribution is -2.27. The minimum atomic E-state index is -0.408. The van der Waals surface area contributed by atoms with Gasteiger partial charge in [0.15, 0.2) is 0 Å². The molecular weight excluding hydrogens is 648 g/mol. The van der Waals surface area contributed by atoms with Gasteiger partial charge in [0.05, 0.1) is 31.7 Å². The van der Waals surface area contributed by atoms with Crippen LogP contribution < -0.4 is 20.4 Å². The minimum Gasteiger partial charge on any atom is -0.469 e. The molecule has 0 saturated carbocycles. The van der Waals surface area contributed by atoms with Gasteiger partial charge in [-0.3, -0.25) is 14.6 Å². The lowest BCUT2D eigenvalue weighted by molar-refractivity contribution is -0.140. The van der Waals surface area contributed by atoms with E-state index in [9.17, 15) is 14.4 Å². The molecule has 1 heterocycles. The molecule has 0 fully saturated rings. The second-order valence-corrected chi connectivity index (χ2v) is 11.4. The largest absolute Gasteiger partial charge is 0.469 e. The summed E-state index contributed by atoms with van der Waals surface area (Å²) in [5.41, 5.74) is 4.55. The van der Waals surface area contributed by atoms with Crippen molar-refractivity contribution in [3.8, 4) is 11.8 Å². The Morgan fingerprint density at radius 1 is 0.725 bits per heavy atom. The highest BCUT2D eigenvalue weighted by molar-refractivity contribution is 5.88. The van der Waals surface area contributed by atoms with E-state index in [1.54, 1.807) is 14.1 Å². The van der Waals surface area contributed by atoms with Gasteiger partial charge in [-0.2, -0.15) is 0 Å². The first-order valence-electron chi connectivity index (χ1n) is 16.8. The van der Waals surface area contributed by atoms with Gasteiger partial charge in [0.25, 0.3) is 0 Å². The number of hydrogen-bond acceptors (Lipinski definition) is 10. The van der Waals surface area contributed by atoms with Crippen LogP contribution in [0.3, 0.4) is 0 Å². The number of benzene rings is 2. The van der Waals surface area contributed by atoms with Crippen LogP contribution in [0.4, 0.5) is 21.0 Å². The zero-order valence-corrected chi connectivity index (χ0v) is 30.1. The highest BCUT2D eigenvalue weighted by atomic mass is 16.6. The predicted molar refractivity (Wildman–Crippen MR) is 202 cm³/mol. The van der Waals surface area contributed by atoms with E-state index in [1.807, 2.05) is 93.0 Å². The molecule has 3 rings (SSSR count). The molecule has 0 unspecified atom stereocenters. The zero-order chi connectivity index (χ0) is 36.8. The van der Waals surface area contributed by atoms with Crippen LogP contribution in [-0.2, 0) is 19.0 Å². The fourth-order valence-corrected chi connectivity index (χ4v) is 4.48. The Balaban J connectivity index is 1.74. The van der Waals surface area contributed by atoms with Crippen LogP contribution in [0.5, 0.6) is 0 Å². The highest BCUT2D eigenvalue weighted by Crippen LogP contribution is 2.19. The molecule has 0 atom stereocenters. The van der Waals surface area contributed by atoms with Gasteiger partial charge in [0.1, 0.15) is 0 Å². The zero-order valence-electron chi connectivity index (χ0n) is 30.1. The maximum Gasteiger partial charge on any atom is 0.414 e. The summed E-state index contributed by atoms with van der Waals surface area (Å²) in [7, 11) is 8.43. The van der Waals surface area contributed by atoms with Gasteiger partial charge in [-0.25, -0.2) is 19.6 Å². The standard InChI is InChI=1S/C39H48N6O6/c1-40-25-9-27-50-38(47)44(3)34-21-15-30(16-22-34)13-19-32-29-33(43-36(42-32)11-7-6-8-12-37(46)49-5)20-14-31-17-23-35(24-18-31)45(4)39(48)51-28-10-26-41-2/h13-24,29,40-41H,6,8-10,12,25-28H2,1-5H3/b19-13+,20-14+. The van der Waals surface area contributed by atoms with Crippen molar-refractivity contribution in [1.29, 1.82) is 0 Å². The number of nitrogens with zero attached hydrogens (tertiary/aromatic N) is 4. The number of esters is 1. The summed E-state index contributed by atoms with van der Waals surface area (Å²) < 4.78 is 15.3. The molecule has 2 N–H and O–H groups in total. The Bertz CT molecular complexity index is 1580. The molecule has 0 aliphatic carbocycles. The van der Waals surface area contributed by atoms with Gasteiger partial charge in [-0.15, -0.1) is 0 Å². The molecule has 0 aliphatic rings. The molecule has 0 saturated heterocycles. The number of carbonyl (C=O) groups is 3. The number of unbranched alkanes of at least 4 members (excludes halogenated alkanes) is 1. The third kappa shape index (κ3) is 14.5. The third-order valence-electron chi connectivity index (χ3n) is 7.47. The predicted octanol–water partition coefficient (Wildman–Crippen LogP) is 5.88. The Hall–Kier alpha value is -5.51. The fraction of sp³-hybridized carbons (Fsp3) is 0.359. The quantitative estimate of drug-likeness (QED) is 0.0763. The third-order valence-corrected chi connectivity index (χ3v) is 7.47. The number of rotatable bonds is 17. The van der Waals surface area contributed by atoms with E-state index >= 15 is 0 Å². The molecule has 0 aliphatic heterocycles. The van der Waals surface area contributed by atoms with Crippen molar-refractivity contribution in [3.05, 3.63) is 82.9 Å². The van der Waals surface area contributed by atoms with Crippen LogP contribution in [0, 0.1) is 11.8 Å². The molecule has 3 aromatic rings. The van der Waals surface area contributed by atoms with Crippen LogP contribution in [0.1, 0.15) is 60.4 Å². The Labute approximate surface area is 300 Å². The van der Waals surface area contributed by atoms with Crippen molar-refractivity contribution in [2.45, 2.75) is 32.1 Å². The Morgan fingerprint density at radius 2 is 1.20 bits per heavy atom. The summed E-state index contributed by atoms with van der Waals surface area (Å²) in [6, 6.07) is 16.9.